The zero-order chi connectivity index (χ0) is 26.4. The van der Waals surface area contributed by atoms with Crippen LogP contribution in [0.3, 0.4) is 0 Å². The van der Waals surface area contributed by atoms with Gasteiger partial charge >= 0.3 is 5.97 Å². The zero-order valence-electron chi connectivity index (χ0n) is 20.4. The lowest BCUT2D eigenvalue weighted by molar-refractivity contribution is -0.141. The highest BCUT2D eigenvalue weighted by Crippen LogP contribution is 2.08. The van der Waals surface area contributed by atoms with Crippen molar-refractivity contribution >= 4 is 36.3 Å². The summed E-state index contributed by atoms with van der Waals surface area (Å²) in [5.41, 5.74) is 12.3. The monoisotopic (exact) mass is 509 g/mol. The predicted octanol–water partition coefficient (Wildman–Crippen LogP) is 0.200. The van der Waals surface area contributed by atoms with E-state index in [0.29, 0.717) is 32.2 Å². The molecule has 1 aromatic rings. The van der Waals surface area contributed by atoms with E-state index in [9.17, 15) is 24.3 Å². The number of thiol groups is 1. The van der Waals surface area contributed by atoms with E-state index in [4.69, 9.17) is 11.5 Å². The average molecular weight is 510 g/mol. The number of carboxylic acid groups (broad SMARTS) is 1. The molecule has 8 N–H and O–H groups in total. The minimum atomic E-state index is -1.23. The van der Waals surface area contributed by atoms with Crippen LogP contribution < -0.4 is 27.4 Å². The van der Waals surface area contributed by atoms with E-state index in [-0.39, 0.29) is 18.1 Å². The van der Waals surface area contributed by atoms with Crippen LogP contribution in [-0.4, -0.2) is 65.3 Å². The third-order valence-corrected chi connectivity index (χ3v) is 5.72. The normalized spacial score (nSPS) is 14.5. The molecule has 0 aliphatic carbocycles. The maximum atomic E-state index is 13.2. The minimum Gasteiger partial charge on any atom is -0.480 e. The fraction of sp³-hybridized carbons (Fsp3) is 0.583. The van der Waals surface area contributed by atoms with Gasteiger partial charge < -0.3 is 32.5 Å². The van der Waals surface area contributed by atoms with Crippen LogP contribution in [-0.2, 0) is 25.6 Å². The van der Waals surface area contributed by atoms with E-state index in [1.54, 1.807) is 24.3 Å². The Hall–Kier alpha value is -2.63. The number of carbonyl (C=O) groups excluding carboxylic acids is 3. The molecular formula is C24H39N5O5S. The van der Waals surface area contributed by atoms with Crippen LogP contribution in [0.1, 0.15) is 45.1 Å². The van der Waals surface area contributed by atoms with Crippen molar-refractivity contribution in [1.82, 2.24) is 16.0 Å². The van der Waals surface area contributed by atoms with E-state index in [2.05, 4.69) is 28.6 Å². The molecule has 10 nitrogen and oxygen atoms in total. The van der Waals surface area contributed by atoms with E-state index >= 15 is 0 Å². The van der Waals surface area contributed by atoms with Gasteiger partial charge in [0.1, 0.15) is 18.1 Å². The summed E-state index contributed by atoms with van der Waals surface area (Å²) in [6.45, 7) is 4.33. The summed E-state index contributed by atoms with van der Waals surface area (Å²) in [5.74, 6) is -2.80. The molecule has 196 valence electrons. The first-order chi connectivity index (χ1) is 16.6. The maximum Gasteiger partial charge on any atom is 0.327 e. The molecule has 0 bridgehead atoms. The fourth-order valence-electron chi connectivity index (χ4n) is 3.44. The van der Waals surface area contributed by atoms with Gasteiger partial charge in [-0.2, -0.15) is 12.6 Å². The van der Waals surface area contributed by atoms with Gasteiger partial charge in [0.05, 0.1) is 6.04 Å². The summed E-state index contributed by atoms with van der Waals surface area (Å²) in [4.78, 5) is 50.1. The smallest absolute Gasteiger partial charge is 0.327 e. The van der Waals surface area contributed by atoms with Crippen molar-refractivity contribution in [3.05, 3.63) is 35.9 Å². The van der Waals surface area contributed by atoms with Crippen LogP contribution >= 0.6 is 12.6 Å². The second kappa shape index (κ2) is 16.1. The van der Waals surface area contributed by atoms with E-state index in [1.165, 1.54) is 0 Å². The molecule has 0 spiro atoms. The summed E-state index contributed by atoms with van der Waals surface area (Å²) >= 11 is 3.98. The van der Waals surface area contributed by atoms with Crippen molar-refractivity contribution in [2.24, 2.45) is 17.4 Å². The first-order valence-corrected chi connectivity index (χ1v) is 12.5. The van der Waals surface area contributed by atoms with Gasteiger partial charge in [-0.1, -0.05) is 44.2 Å². The van der Waals surface area contributed by atoms with Gasteiger partial charge in [-0.3, -0.25) is 14.4 Å². The highest BCUT2D eigenvalue weighted by Gasteiger charge is 2.30. The van der Waals surface area contributed by atoms with Crippen LogP contribution in [0.2, 0.25) is 0 Å². The quantitative estimate of drug-likeness (QED) is 0.123. The lowest BCUT2D eigenvalue weighted by atomic mass is 10.0. The summed E-state index contributed by atoms with van der Waals surface area (Å²) in [5, 5.41) is 17.1. The molecule has 0 heterocycles. The van der Waals surface area contributed by atoms with Crippen molar-refractivity contribution in [3.8, 4) is 0 Å². The number of hydrogen-bond acceptors (Lipinski definition) is 7. The Bertz CT molecular complexity index is 824. The molecular weight excluding hydrogens is 470 g/mol. The van der Waals surface area contributed by atoms with Crippen molar-refractivity contribution in [3.63, 3.8) is 0 Å². The predicted molar refractivity (Wildman–Crippen MR) is 138 cm³/mol. The van der Waals surface area contributed by atoms with Gasteiger partial charge in [0.15, 0.2) is 0 Å². The van der Waals surface area contributed by atoms with Crippen molar-refractivity contribution in [2.45, 2.75) is 70.1 Å². The Morgan fingerprint density at radius 3 is 2.03 bits per heavy atom. The van der Waals surface area contributed by atoms with E-state index in [0.717, 1.165) is 5.56 Å². The molecule has 3 amide bonds. The molecule has 0 aliphatic heterocycles. The SMILES string of the molecule is CC(C)CC(N)C(=O)NC(CCCCN)C(=O)NC(Cc1ccccc1)C(=O)NC(CS)C(=O)O. The summed E-state index contributed by atoms with van der Waals surface area (Å²) in [6.07, 6.45) is 2.16. The molecule has 0 saturated heterocycles. The van der Waals surface area contributed by atoms with Crippen LogP contribution in [0.15, 0.2) is 30.3 Å². The molecule has 0 saturated carbocycles. The summed E-state index contributed by atoms with van der Waals surface area (Å²) in [6, 6.07) is 5.05. The molecule has 4 atom stereocenters. The number of carbonyl (C=O) groups is 4. The van der Waals surface area contributed by atoms with Gasteiger partial charge in [-0.05, 0) is 43.7 Å². The van der Waals surface area contributed by atoms with Gasteiger partial charge in [-0.15, -0.1) is 0 Å². The Morgan fingerprint density at radius 2 is 1.49 bits per heavy atom. The minimum absolute atomic E-state index is 0.113. The highest BCUT2D eigenvalue weighted by molar-refractivity contribution is 7.80. The maximum absolute atomic E-state index is 13.2. The van der Waals surface area contributed by atoms with Crippen molar-refractivity contribution in [2.75, 3.05) is 12.3 Å². The van der Waals surface area contributed by atoms with Crippen LogP contribution in [0.25, 0.3) is 0 Å². The lowest BCUT2D eigenvalue weighted by Crippen LogP contribution is -2.57. The fourth-order valence-corrected chi connectivity index (χ4v) is 3.69. The third-order valence-electron chi connectivity index (χ3n) is 5.35. The molecule has 1 rings (SSSR count). The van der Waals surface area contributed by atoms with E-state index < -0.39 is 47.9 Å². The van der Waals surface area contributed by atoms with Gasteiger partial charge in [0.2, 0.25) is 17.7 Å². The molecule has 11 heteroatoms. The summed E-state index contributed by atoms with van der Waals surface area (Å²) < 4.78 is 0. The number of aliphatic carboxylic acids is 1. The molecule has 1 aromatic carbocycles. The number of nitrogens with one attached hydrogen (secondary N) is 3. The Kier molecular flexibility index (Phi) is 14.0. The Morgan fingerprint density at radius 1 is 0.914 bits per heavy atom. The standard InChI is InChI=1S/C24H39N5O5S/c1-15(2)12-17(26)21(30)27-18(10-6-7-11-25)22(31)28-19(13-16-8-4-3-5-9-16)23(32)29-20(14-35)24(33)34/h3-5,8-9,15,17-20,35H,6-7,10-14,25-26H2,1-2H3,(H,27,30)(H,28,31)(H,29,32)(H,33,34). The highest BCUT2D eigenvalue weighted by atomic mass is 32.1. The largest absolute Gasteiger partial charge is 0.480 e. The molecule has 0 radical (unpaired) electrons. The summed E-state index contributed by atoms with van der Waals surface area (Å²) in [7, 11) is 0. The topological polar surface area (TPSA) is 177 Å². The Labute approximate surface area is 212 Å². The molecule has 0 aliphatic rings. The number of nitrogens with two attached hydrogens (primary N) is 2. The first-order valence-electron chi connectivity index (χ1n) is 11.8. The Balaban J connectivity index is 3.06. The molecule has 35 heavy (non-hydrogen) atoms. The second-order valence-corrected chi connectivity index (χ2v) is 9.28. The first kappa shape index (κ1) is 30.4. The number of unbranched alkanes of at least 4 members (excludes halogenated alkanes) is 1. The number of amides is 3. The van der Waals surface area contributed by atoms with Crippen LogP contribution in [0, 0.1) is 5.92 Å². The molecule has 0 aromatic heterocycles. The van der Waals surface area contributed by atoms with Crippen molar-refractivity contribution < 1.29 is 24.3 Å². The van der Waals surface area contributed by atoms with Gasteiger partial charge in [0, 0.05) is 12.2 Å². The zero-order valence-corrected chi connectivity index (χ0v) is 21.3. The van der Waals surface area contributed by atoms with E-state index in [1.807, 2.05) is 19.9 Å². The third kappa shape index (κ3) is 11.6. The van der Waals surface area contributed by atoms with Gasteiger partial charge in [-0.25, -0.2) is 4.79 Å². The number of carboxylic acids is 1. The number of rotatable bonds is 16. The number of benzene rings is 1. The average Bonchev–Trinajstić information content (AvgIpc) is 2.81. The lowest BCUT2D eigenvalue weighted by Gasteiger charge is -2.25. The molecule has 0 fully saturated rings. The number of hydrogen-bond donors (Lipinski definition) is 7. The second-order valence-electron chi connectivity index (χ2n) is 8.91. The van der Waals surface area contributed by atoms with Crippen LogP contribution in [0.5, 0.6) is 0 Å². The molecule has 4 unspecified atom stereocenters. The van der Waals surface area contributed by atoms with Crippen molar-refractivity contribution in [1.29, 1.82) is 0 Å². The van der Waals surface area contributed by atoms with Crippen LogP contribution in [0.4, 0.5) is 0 Å². The van der Waals surface area contributed by atoms with Gasteiger partial charge in [0.25, 0.3) is 0 Å².